The summed E-state index contributed by atoms with van der Waals surface area (Å²) in [6, 6.07) is 11.6. The first-order valence-electron chi connectivity index (χ1n) is 7.85. The number of hydrogen-bond acceptors (Lipinski definition) is 5. The number of Topliss-reactive ketones (excluding diaryl/α,β-unsaturated/α-hetero) is 1. The van der Waals surface area contributed by atoms with E-state index in [0.29, 0.717) is 10.6 Å². The highest BCUT2D eigenvalue weighted by Crippen LogP contribution is 2.12. The minimum Gasteiger partial charge on any atom is -0.294 e. The van der Waals surface area contributed by atoms with Crippen LogP contribution < -0.4 is 10.9 Å². The van der Waals surface area contributed by atoms with Gasteiger partial charge in [0.05, 0.1) is 4.90 Å². The Kier molecular flexibility index (Phi) is 6.70. The van der Waals surface area contributed by atoms with E-state index in [1.54, 1.807) is 24.3 Å². The van der Waals surface area contributed by atoms with Crippen LogP contribution in [0, 0.1) is 0 Å². The molecule has 0 aliphatic heterocycles. The molecular weight excluding hydrogens is 392 g/mol. The number of nitrogens with one attached hydrogen (secondary N) is 2. The molecule has 0 aromatic heterocycles. The lowest BCUT2D eigenvalue weighted by molar-refractivity contribution is -0.121. The zero-order chi connectivity index (χ0) is 20.0. The smallest absolute Gasteiger partial charge is 0.269 e. The summed E-state index contributed by atoms with van der Waals surface area (Å²) in [5, 5.41) is 0.511. The van der Waals surface area contributed by atoms with Crippen LogP contribution in [0.15, 0.2) is 53.4 Å². The van der Waals surface area contributed by atoms with Gasteiger partial charge in [-0.3, -0.25) is 25.2 Å². The number of carbonyl (C=O) groups excluding carboxylic acids is 3. The molecule has 0 bridgehead atoms. The molecule has 0 heterocycles. The van der Waals surface area contributed by atoms with Crippen LogP contribution in [0.5, 0.6) is 0 Å². The summed E-state index contributed by atoms with van der Waals surface area (Å²) < 4.78 is 22.8. The van der Waals surface area contributed by atoms with Crippen LogP contribution in [0.3, 0.4) is 0 Å². The van der Waals surface area contributed by atoms with E-state index in [-0.39, 0.29) is 29.1 Å². The molecule has 142 valence electrons. The van der Waals surface area contributed by atoms with Crippen LogP contribution in [-0.2, 0) is 14.6 Å². The van der Waals surface area contributed by atoms with E-state index < -0.39 is 21.7 Å². The Balaban J connectivity index is 1.81. The molecule has 0 unspecified atom stereocenters. The minimum absolute atomic E-state index is 0.0214. The predicted molar refractivity (Wildman–Crippen MR) is 100 cm³/mol. The SMILES string of the molecule is CS(=O)(=O)c1ccc(C(=O)NNC(=O)CCC(=O)c2ccc(Cl)cc2)cc1. The highest BCUT2D eigenvalue weighted by molar-refractivity contribution is 7.90. The zero-order valence-corrected chi connectivity index (χ0v) is 15.9. The molecule has 2 aromatic carbocycles. The Labute approximate surface area is 161 Å². The summed E-state index contributed by atoms with van der Waals surface area (Å²) in [5.74, 6) is -1.35. The van der Waals surface area contributed by atoms with Gasteiger partial charge in [-0.15, -0.1) is 0 Å². The Hall–Kier alpha value is -2.71. The van der Waals surface area contributed by atoms with E-state index in [4.69, 9.17) is 11.6 Å². The number of sulfone groups is 1. The molecule has 2 rings (SSSR count). The maximum Gasteiger partial charge on any atom is 0.269 e. The summed E-state index contributed by atoms with van der Waals surface area (Å²) in [7, 11) is -3.35. The second-order valence-corrected chi connectivity index (χ2v) is 8.18. The number of carbonyl (C=O) groups is 3. The number of benzene rings is 2. The molecule has 0 radical (unpaired) electrons. The second-order valence-electron chi connectivity index (χ2n) is 5.73. The molecule has 0 saturated heterocycles. The van der Waals surface area contributed by atoms with Crippen molar-refractivity contribution in [1.29, 1.82) is 0 Å². The lowest BCUT2D eigenvalue weighted by Crippen LogP contribution is -2.41. The summed E-state index contributed by atoms with van der Waals surface area (Å²) in [6.07, 6.45) is 0.939. The molecule has 7 nitrogen and oxygen atoms in total. The maximum atomic E-state index is 12.0. The normalized spacial score (nSPS) is 10.9. The molecule has 0 spiro atoms. The van der Waals surface area contributed by atoms with Crippen molar-refractivity contribution in [2.24, 2.45) is 0 Å². The number of hydrazine groups is 1. The largest absolute Gasteiger partial charge is 0.294 e. The van der Waals surface area contributed by atoms with Crippen molar-refractivity contribution in [1.82, 2.24) is 10.9 Å². The number of ketones is 1. The molecule has 27 heavy (non-hydrogen) atoms. The van der Waals surface area contributed by atoms with E-state index in [1.807, 2.05) is 0 Å². The molecule has 0 aliphatic rings. The van der Waals surface area contributed by atoms with Gasteiger partial charge in [0, 0.05) is 35.2 Å². The monoisotopic (exact) mass is 408 g/mol. The third kappa shape index (κ3) is 6.19. The fourth-order valence-electron chi connectivity index (χ4n) is 2.12. The van der Waals surface area contributed by atoms with E-state index in [0.717, 1.165) is 6.26 Å². The van der Waals surface area contributed by atoms with Crippen LogP contribution >= 0.6 is 11.6 Å². The van der Waals surface area contributed by atoms with Crippen LogP contribution in [0.1, 0.15) is 33.6 Å². The second kappa shape index (κ2) is 8.79. The summed E-state index contributed by atoms with van der Waals surface area (Å²) in [6.45, 7) is 0. The van der Waals surface area contributed by atoms with Crippen molar-refractivity contribution in [2.45, 2.75) is 17.7 Å². The zero-order valence-electron chi connectivity index (χ0n) is 14.4. The molecule has 9 heteroatoms. The van der Waals surface area contributed by atoms with E-state index in [9.17, 15) is 22.8 Å². The number of amides is 2. The van der Waals surface area contributed by atoms with Crippen molar-refractivity contribution in [3.8, 4) is 0 Å². The summed E-state index contributed by atoms with van der Waals surface area (Å²) >= 11 is 5.75. The van der Waals surface area contributed by atoms with Crippen LogP contribution in [0.4, 0.5) is 0 Å². The lowest BCUT2D eigenvalue weighted by Gasteiger charge is -2.08. The van der Waals surface area contributed by atoms with E-state index in [1.165, 1.54) is 24.3 Å². The molecule has 2 amide bonds. The van der Waals surface area contributed by atoms with Crippen molar-refractivity contribution >= 4 is 39.0 Å². The quantitative estimate of drug-likeness (QED) is 0.562. The molecule has 2 N–H and O–H groups in total. The van der Waals surface area contributed by atoms with Crippen molar-refractivity contribution in [3.05, 3.63) is 64.7 Å². The minimum atomic E-state index is -3.35. The fourth-order valence-corrected chi connectivity index (χ4v) is 2.88. The van der Waals surface area contributed by atoms with Crippen LogP contribution in [0.2, 0.25) is 5.02 Å². The van der Waals surface area contributed by atoms with Gasteiger partial charge in [-0.05, 0) is 48.5 Å². The van der Waals surface area contributed by atoms with Gasteiger partial charge in [0.1, 0.15) is 0 Å². The number of hydrogen-bond donors (Lipinski definition) is 2. The average Bonchev–Trinajstić information content (AvgIpc) is 2.64. The fraction of sp³-hybridized carbons (Fsp3) is 0.167. The number of rotatable bonds is 6. The molecule has 0 aliphatic carbocycles. The topological polar surface area (TPSA) is 109 Å². The Morgan fingerprint density at radius 3 is 1.96 bits per heavy atom. The molecule has 0 atom stereocenters. The van der Waals surface area contributed by atoms with Gasteiger partial charge in [-0.25, -0.2) is 8.42 Å². The van der Waals surface area contributed by atoms with E-state index in [2.05, 4.69) is 10.9 Å². The van der Waals surface area contributed by atoms with Crippen molar-refractivity contribution in [2.75, 3.05) is 6.26 Å². The van der Waals surface area contributed by atoms with Crippen molar-refractivity contribution < 1.29 is 22.8 Å². The van der Waals surface area contributed by atoms with E-state index >= 15 is 0 Å². The maximum absolute atomic E-state index is 12.0. The third-order valence-corrected chi connectivity index (χ3v) is 4.99. The molecule has 2 aromatic rings. The van der Waals surface area contributed by atoms with Crippen molar-refractivity contribution in [3.63, 3.8) is 0 Å². The van der Waals surface area contributed by atoms with Crippen LogP contribution in [-0.4, -0.2) is 32.3 Å². The molecule has 0 fully saturated rings. The molecule has 0 saturated carbocycles. The average molecular weight is 409 g/mol. The Morgan fingerprint density at radius 1 is 0.852 bits per heavy atom. The first kappa shape index (κ1) is 20.6. The molecular formula is C18H17ClN2O5S. The Bertz CT molecular complexity index is 954. The number of halogens is 1. The highest BCUT2D eigenvalue weighted by atomic mass is 35.5. The summed E-state index contributed by atoms with van der Waals surface area (Å²) in [5.41, 5.74) is 5.05. The van der Waals surface area contributed by atoms with Gasteiger partial charge < -0.3 is 0 Å². The van der Waals surface area contributed by atoms with Gasteiger partial charge in [0.2, 0.25) is 5.91 Å². The van der Waals surface area contributed by atoms with Gasteiger partial charge in [-0.2, -0.15) is 0 Å². The van der Waals surface area contributed by atoms with Gasteiger partial charge >= 0.3 is 0 Å². The lowest BCUT2D eigenvalue weighted by atomic mass is 10.1. The first-order chi connectivity index (χ1) is 12.7. The highest BCUT2D eigenvalue weighted by Gasteiger charge is 2.12. The van der Waals surface area contributed by atoms with Gasteiger partial charge in [0.15, 0.2) is 15.6 Å². The predicted octanol–water partition coefficient (Wildman–Crippen LogP) is 2.17. The Morgan fingerprint density at radius 2 is 1.41 bits per heavy atom. The summed E-state index contributed by atoms with van der Waals surface area (Å²) in [4.78, 5) is 35.8. The third-order valence-electron chi connectivity index (χ3n) is 3.61. The first-order valence-corrected chi connectivity index (χ1v) is 10.1. The van der Waals surface area contributed by atoms with Crippen LogP contribution in [0.25, 0.3) is 0 Å². The standard InChI is InChI=1S/C18H17ClN2O5S/c1-27(25,26)15-8-4-13(5-9-15)18(24)21-20-17(23)11-10-16(22)12-2-6-14(19)7-3-12/h2-9H,10-11H2,1H3,(H,20,23)(H,21,24). The van der Waals surface area contributed by atoms with Gasteiger partial charge in [0.25, 0.3) is 5.91 Å². The van der Waals surface area contributed by atoms with Gasteiger partial charge in [-0.1, -0.05) is 11.6 Å².